The average Bonchev–Trinajstić information content (AvgIpc) is 2.59. The Kier molecular flexibility index (Phi) is 4.52. The number of hydrogen-bond acceptors (Lipinski definition) is 4. The summed E-state index contributed by atoms with van der Waals surface area (Å²) in [5, 5.41) is 6.04. The molecule has 0 radical (unpaired) electrons. The fourth-order valence-corrected chi connectivity index (χ4v) is 2.27. The minimum Gasteiger partial charge on any atom is -0.340 e. The Bertz CT molecular complexity index is 845. The van der Waals surface area contributed by atoms with Gasteiger partial charge in [-0.3, -0.25) is 4.79 Å². The molecule has 2 aromatic carbocycles. The number of nitrogens with one attached hydrogen (secondary N) is 2. The van der Waals surface area contributed by atoms with Crippen LogP contribution in [0, 0.1) is 6.92 Å². The van der Waals surface area contributed by atoms with Crippen LogP contribution in [0.2, 0.25) is 0 Å². The summed E-state index contributed by atoms with van der Waals surface area (Å²) in [7, 11) is 0. The molecule has 5 heteroatoms. The fourth-order valence-electron chi connectivity index (χ4n) is 2.27. The number of rotatable bonds is 4. The maximum absolute atomic E-state index is 11.1. The van der Waals surface area contributed by atoms with Crippen LogP contribution in [0.1, 0.15) is 12.5 Å². The Morgan fingerprint density at radius 1 is 0.958 bits per heavy atom. The van der Waals surface area contributed by atoms with Crippen LogP contribution in [-0.4, -0.2) is 15.9 Å². The predicted octanol–water partition coefficient (Wildman–Crippen LogP) is 4.15. The van der Waals surface area contributed by atoms with E-state index in [2.05, 4.69) is 20.6 Å². The lowest BCUT2D eigenvalue weighted by Gasteiger charge is -2.11. The molecule has 0 fully saturated rings. The van der Waals surface area contributed by atoms with Gasteiger partial charge in [0, 0.05) is 35.6 Å². The SMILES string of the molecule is CC(=O)Nc1ccc(Nc2nc(-c3ccccc3)ncc2C)cc1. The maximum atomic E-state index is 11.1. The van der Waals surface area contributed by atoms with Gasteiger partial charge in [-0.2, -0.15) is 0 Å². The second-order valence-corrected chi connectivity index (χ2v) is 5.47. The van der Waals surface area contributed by atoms with Crippen LogP contribution >= 0.6 is 0 Å². The van der Waals surface area contributed by atoms with E-state index in [-0.39, 0.29) is 5.91 Å². The summed E-state index contributed by atoms with van der Waals surface area (Å²) in [5.41, 5.74) is 3.59. The highest BCUT2D eigenvalue weighted by Crippen LogP contribution is 2.23. The van der Waals surface area contributed by atoms with Crippen molar-refractivity contribution in [3.05, 3.63) is 66.4 Å². The third-order valence-electron chi connectivity index (χ3n) is 3.47. The normalized spacial score (nSPS) is 10.2. The third-order valence-corrected chi connectivity index (χ3v) is 3.47. The molecular formula is C19H18N4O. The highest BCUT2D eigenvalue weighted by molar-refractivity contribution is 5.88. The van der Waals surface area contributed by atoms with Crippen molar-refractivity contribution in [2.75, 3.05) is 10.6 Å². The summed E-state index contributed by atoms with van der Waals surface area (Å²) in [5.74, 6) is 1.35. The largest absolute Gasteiger partial charge is 0.340 e. The standard InChI is InChI=1S/C19H18N4O/c1-13-12-20-19(15-6-4-3-5-7-15)23-18(13)22-17-10-8-16(9-11-17)21-14(2)24/h3-12H,1-2H3,(H,21,24)(H,20,22,23). The van der Waals surface area contributed by atoms with Gasteiger partial charge in [-0.05, 0) is 31.2 Å². The number of hydrogen-bond donors (Lipinski definition) is 2. The summed E-state index contributed by atoms with van der Waals surface area (Å²) in [4.78, 5) is 20.1. The van der Waals surface area contributed by atoms with E-state index in [1.807, 2.05) is 67.7 Å². The molecule has 2 N–H and O–H groups in total. The summed E-state index contributed by atoms with van der Waals surface area (Å²) < 4.78 is 0. The zero-order valence-corrected chi connectivity index (χ0v) is 13.6. The Morgan fingerprint density at radius 3 is 2.29 bits per heavy atom. The van der Waals surface area contributed by atoms with Gasteiger partial charge in [0.05, 0.1) is 0 Å². The van der Waals surface area contributed by atoms with Crippen LogP contribution in [0.25, 0.3) is 11.4 Å². The molecule has 0 saturated heterocycles. The van der Waals surface area contributed by atoms with Crippen molar-refractivity contribution in [3.63, 3.8) is 0 Å². The Balaban J connectivity index is 1.83. The fraction of sp³-hybridized carbons (Fsp3) is 0.105. The molecule has 120 valence electrons. The van der Waals surface area contributed by atoms with Crippen LogP contribution in [0.5, 0.6) is 0 Å². The molecular weight excluding hydrogens is 300 g/mol. The molecule has 1 amide bonds. The summed E-state index contributed by atoms with van der Waals surface area (Å²) >= 11 is 0. The lowest BCUT2D eigenvalue weighted by molar-refractivity contribution is -0.114. The van der Waals surface area contributed by atoms with Gasteiger partial charge in [0.25, 0.3) is 0 Å². The minimum absolute atomic E-state index is 0.0881. The molecule has 5 nitrogen and oxygen atoms in total. The molecule has 1 aromatic heterocycles. The second kappa shape index (κ2) is 6.91. The van der Waals surface area contributed by atoms with Crippen molar-refractivity contribution in [1.82, 2.24) is 9.97 Å². The average molecular weight is 318 g/mol. The molecule has 3 rings (SSSR count). The highest BCUT2D eigenvalue weighted by Gasteiger charge is 2.06. The second-order valence-electron chi connectivity index (χ2n) is 5.47. The van der Waals surface area contributed by atoms with Gasteiger partial charge < -0.3 is 10.6 Å². The first-order valence-corrected chi connectivity index (χ1v) is 7.65. The van der Waals surface area contributed by atoms with E-state index in [9.17, 15) is 4.79 Å². The van der Waals surface area contributed by atoms with Crippen LogP contribution in [0.4, 0.5) is 17.2 Å². The summed E-state index contributed by atoms with van der Waals surface area (Å²) in [6.45, 7) is 3.45. The Hall–Kier alpha value is -3.21. The van der Waals surface area contributed by atoms with E-state index in [4.69, 9.17) is 0 Å². The maximum Gasteiger partial charge on any atom is 0.221 e. The Morgan fingerprint density at radius 2 is 1.62 bits per heavy atom. The lowest BCUT2D eigenvalue weighted by atomic mass is 10.2. The van der Waals surface area contributed by atoms with E-state index >= 15 is 0 Å². The van der Waals surface area contributed by atoms with Crippen LogP contribution in [0.3, 0.4) is 0 Å². The monoisotopic (exact) mass is 318 g/mol. The highest BCUT2D eigenvalue weighted by atomic mass is 16.1. The molecule has 0 spiro atoms. The van der Waals surface area contributed by atoms with Crippen LogP contribution in [0.15, 0.2) is 60.8 Å². The van der Waals surface area contributed by atoms with Crippen molar-refractivity contribution < 1.29 is 4.79 Å². The first kappa shape index (κ1) is 15.7. The molecule has 24 heavy (non-hydrogen) atoms. The van der Waals surface area contributed by atoms with E-state index in [0.29, 0.717) is 5.82 Å². The molecule has 3 aromatic rings. The Labute approximate surface area is 140 Å². The van der Waals surface area contributed by atoms with Crippen molar-refractivity contribution in [2.45, 2.75) is 13.8 Å². The van der Waals surface area contributed by atoms with Gasteiger partial charge in [-0.25, -0.2) is 9.97 Å². The number of aryl methyl sites for hydroxylation is 1. The molecule has 0 aliphatic carbocycles. The molecule has 0 saturated carbocycles. The number of anilines is 3. The van der Waals surface area contributed by atoms with E-state index < -0.39 is 0 Å². The molecule has 0 unspecified atom stereocenters. The number of nitrogens with zero attached hydrogens (tertiary/aromatic N) is 2. The van der Waals surface area contributed by atoms with Gasteiger partial charge in [-0.15, -0.1) is 0 Å². The van der Waals surface area contributed by atoms with Crippen molar-refractivity contribution in [3.8, 4) is 11.4 Å². The van der Waals surface area contributed by atoms with Gasteiger partial charge in [-0.1, -0.05) is 30.3 Å². The number of amides is 1. The third kappa shape index (κ3) is 3.76. The number of carbonyl (C=O) groups excluding carboxylic acids is 1. The van der Waals surface area contributed by atoms with E-state index in [1.165, 1.54) is 6.92 Å². The van der Waals surface area contributed by atoms with Gasteiger partial charge in [0.2, 0.25) is 5.91 Å². The lowest BCUT2D eigenvalue weighted by Crippen LogP contribution is -2.05. The number of benzene rings is 2. The molecule has 0 aliphatic rings. The molecule has 0 bridgehead atoms. The first-order valence-electron chi connectivity index (χ1n) is 7.65. The zero-order chi connectivity index (χ0) is 16.9. The quantitative estimate of drug-likeness (QED) is 0.758. The number of carbonyl (C=O) groups is 1. The van der Waals surface area contributed by atoms with Crippen molar-refractivity contribution in [1.29, 1.82) is 0 Å². The van der Waals surface area contributed by atoms with Crippen molar-refractivity contribution >= 4 is 23.1 Å². The first-order chi connectivity index (χ1) is 11.6. The summed E-state index contributed by atoms with van der Waals surface area (Å²) in [6, 6.07) is 17.3. The minimum atomic E-state index is -0.0881. The van der Waals surface area contributed by atoms with Crippen LogP contribution < -0.4 is 10.6 Å². The predicted molar refractivity (Wildman–Crippen MR) is 96.2 cm³/mol. The van der Waals surface area contributed by atoms with Crippen molar-refractivity contribution in [2.24, 2.45) is 0 Å². The molecule has 1 heterocycles. The van der Waals surface area contributed by atoms with E-state index in [1.54, 1.807) is 0 Å². The summed E-state index contributed by atoms with van der Waals surface area (Å²) in [6.07, 6.45) is 1.81. The van der Waals surface area contributed by atoms with Gasteiger partial charge in [0.1, 0.15) is 5.82 Å². The molecule has 0 atom stereocenters. The topological polar surface area (TPSA) is 66.9 Å². The smallest absolute Gasteiger partial charge is 0.221 e. The molecule has 0 aliphatic heterocycles. The van der Waals surface area contributed by atoms with Crippen LogP contribution in [-0.2, 0) is 4.79 Å². The number of aromatic nitrogens is 2. The zero-order valence-electron chi connectivity index (χ0n) is 13.6. The van der Waals surface area contributed by atoms with Gasteiger partial charge >= 0.3 is 0 Å². The van der Waals surface area contributed by atoms with Gasteiger partial charge in [0.15, 0.2) is 5.82 Å². The van der Waals surface area contributed by atoms with E-state index in [0.717, 1.165) is 28.3 Å².